The van der Waals surface area contributed by atoms with Crippen LogP contribution in [-0.2, 0) is 4.79 Å². The number of hydrogen-bond acceptors (Lipinski definition) is 6. The minimum atomic E-state index is -0.973. The summed E-state index contributed by atoms with van der Waals surface area (Å²) in [6.45, 7) is 0.670. The highest BCUT2D eigenvalue weighted by atomic mass is 19.1. The molecule has 0 bridgehead atoms. The molecule has 9 heteroatoms. The van der Waals surface area contributed by atoms with Crippen LogP contribution in [0.4, 0.5) is 21.5 Å². The molecule has 142 valence electrons. The first-order chi connectivity index (χ1) is 13.0. The number of benzene rings is 2. The van der Waals surface area contributed by atoms with Crippen molar-refractivity contribution in [3.63, 3.8) is 0 Å². The second kappa shape index (κ2) is 7.90. The van der Waals surface area contributed by atoms with Crippen LogP contribution in [0.5, 0.6) is 11.5 Å². The van der Waals surface area contributed by atoms with E-state index in [-0.39, 0.29) is 24.0 Å². The van der Waals surface area contributed by atoms with E-state index >= 15 is 0 Å². The first kappa shape index (κ1) is 18.4. The van der Waals surface area contributed by atoms with Gasteiger partial charge in [0.25, 0.3) is 5.91 Å². The third-order valence-corrected chi connectivity index (χ3v) is 4.14. The number of nitro groups is 1. The zero-order valence-corrected chi connectivity index (χ0v) is 14.6. The first-order valence-corrected chi connectivity index (χ1v) is 8.29. The summed E-state index contributed by atoms with van der Waals surface area (Å²) in [6.07, 6.45) is 0.496. The molecule has 0 fully saturated rings. The van der Waals surface area contributed by atoms with Crippen LogP contribution in [0.15, 0.2) is 36.4 Å². The van der Waals surface area contributed by atoms with Crippen molar-refractivity contribution in [1.29, 1.82) is 0 Å². The van der Waals surface area contributed by atoms with Crippen molar-refractivity contribution >= 4 is 23.0 Å². The van der Waals surface area contributed by atoms with Gasteiger partial charge in [-0.15, -0.1) is 0 Å². The largest absolute Gasteiger partial charge is 0.497 e. The molecule has 0 aromatic heterocycles. The lowest BCUT2D eigenvalue weighted by Gasteiger charge is -2.29. The zero-order chi connectivity index (χ0) is 19.4. The Morgan fingerprint density at radius 2 is 2.15 bits per heavy atom. The molecule has 0 saturated heterocycles. The number of fused-ring (bicyclic) bond motifs is 1. The molecule has 8 nitrogen and oxygen atoms in total. The molecule has 1 aliphatic rings. The summed E-state index contributed by atoms with van der Waals surface area (Å²) in [5, 5.41) is 14.0. The zero-order valence-electron chi connectivity index (χ0n) is 14.6. The molecule has 0 aliphatic carbocycles. The Kier molecular flexibility index (Phi) is 5.39. The Labute approximate surface area is 154 Å². The Morgan fingerprint density at radius 3 is 2.89 bits per heavy atom. The fourth-order valence-corrected chi connectivity index (χ4v) is 2.87. The lowest BCUT2D eigenvalue weighted by Crippen LogP contribution is -2.39. The van der Waals surface area contributed by atoms with E-state index in [1.807, 2.05) is 12.1 Å². The van der Waals surface area contributed by atoms with E-state index in [1.165, 1.54) is 13.2 Å². The first-order valence-electron chi connectivity index (χ1n) is 8.29. The number of anilines is 2. The topological polar surface area (TPSA) is 93.9 Å². The van der Waals surface area contributed by atoms with Crippen LogP contribution in [0.1, 0.15) is 6.42 Å². The average Bonchev–Trinajstić information content (AvgIpc) is 2.65. The fourth-order valence-electron chi connectivity index (χ4n) is 2.87. The van der Waals surface area contributed by atoms with Crippen LogP contribution in [0, 0.1) is 15.9 Å². The Hall–Kier alpha value is -3.36. The van der Waals surface area contributed by atoms with Gasteiger partial charge in [0, 0.05) is 25.2 Å². The van der Waals surface area contributed by atoms with Crippen LogP contribution in [-0.4, -0.2) is 37.6 Å². The number of rotatable bonds is 7. The number of methoxy groups -OCH3 is 1. The summed E-state index contributed by atoms with van der Waals surface area (Å²) in [7, 11) is 1.35. The quantitative estimate of drug-likeness (QED) is 0.454. The number of carbonyl (C=O) groups is 1. The number of para-hydroxylation sites is 2. The van der Waals surface area contributed by atoms with Crippen LogP contribution in [0.3, 0.4) is 0 Å². The van der Waals surface area contributed by atoms with Crippen molar-refractivity contribution in [2.24, 2.45) is 0 Å². The van der Waals surface area contributed by atoms with E-state index in [9.17, 15) is 19.3 Å². The molecule has 0 radical (unpaired) electrons. The standard InChI is InChI=1S/C18H18FN3O5/c1-26-12-9-13(19)18(22(24)25)14(10-12)20-7-4-8-21-15-5-2-3-6-16(15)27-11-17(21)23/h2-3,5-6,9-10,20H,4,7-8,11H2,1H3. The van der Waals surface area contributed by atoms with Gasteiger partial charge < -0.3 is 19.7 Å². The van der Waals surface area contributed by atoms with Crippen molar-refractivity contribution in [1.82, 2.24) is 0 Å². The predicted octanol–water partition coefficient (Wildman–Crippen LogP) is 2.97. The molecule has 1 aliphatic heterocycles. The SMILES string of the molecule is COc1cc(F)c([N+](=O)[O-])c(NCCCN2C(=O)COc3ccccc32)c1. The van der Waals surface area contributed by atoms with E-state index < -0.39 is 16.4 Å². The van der Waals surface area contributed by atoms with E-state index in [0.717, 1.165) is 6.07 Å². The number of nitrogens with one attached hydrogen (secondary N) is 1. The van der Waals surface area contributed by atoms with Crippen molar-refractivity contribution in [2.45, 2.75) is 6.42 Å². The molecule has 1 amide bonds. The lowest BCUT2D eigenvalue weighted by molar-refractivity contribution is -0.386. The molecular weight excluding hydrogens is 357 g/mol. The number of ether oxygens (including phenoxy) is 2. The molecule has 2 aromatic carbocycles. The highest BCUT2D eigenvalue weighted by Gasteiger charge is 2.25. The molecule has 0 saturated carbocycles. The van der Waals surface area contributed by atoms with Gasteiger partial charge >= 0.3 is 5.69 Å². The maximum Gasteiger partial charge on any atom is 0.327 e. The van der Waals surface area contributed by atoms with Crippen molar-refractivity contribution in [3.8, 4) is 11.5 Å². The molecule has 0 atom stereocenters. The number of nitro benzene ring substituents is 1. The third-order valence-electron chi connectivity index (χ3n) is 4.14. The Morgan fingerprint density at radius 1 is 1.37 bits per heavy atom. The van der Waals surface area contributed by atoms with Gasteiger partial charge in [0.05, 0.1) is 17.7 Å². The van der Waals surface area contributed by atoms with Gasteiger partial charge in [-0.25, -0.2) is 0 Å². The number of halogens is 1. The fraction of sp³-hybridized carbons (Fsp3) is 0.278. The maximum absolute atomic E-state index is 13.9. The molecule has 2 aromatic rings. The minimum absolute atomic E-state index is 0.0307. The summed E-state index contributed by atoms with van der Waals surface area (Å²) < 4.78 is 24.3. The van der Waals surface area contributed by atoms with Crippen molar-refractivity contribution in [3.05, 3.63) is 52.3 Å². The van der Waals surface area contributed by atoms with E-state index in [4.69, 9.17) is 9.47 Å². The summed E-state index contributed by atoms with van der Waals surface area (Å²) in [5.41, 5.74) is 0.0845. The number of nitrogens with zero attached hydrogens (tertiary/aromatic N) is 2. The van der Waals surface area contributed by atoms with E-state index in [0.29, 0.717) is 30.9 Å². The van der Waals surface area contributed by atoms with E-state index in [2.05, 4.69) is 5.32 Å². The Bertz CT molecular complexity index is 874. The number of amides is 1. The molecule has 1 heterocycles. The lowest BCUT2D eigenvalue weighted by atomic mass is 10.2. The van der Waals surface area contributed by atoms with Gasteiger partial charge in [0.1, 0.15) is 17.2 Å². The predicted molar refractivity (Wildman–Crippen MR) is 97.0 cm³/mol. The second-order valence-corrected chi connectivity index (χ2v) is 5.84. The van der Waals surface area contributed by atoms with Crippen LogP contribution in [0.2, 0.25) is 0 Å². The van der Waals surface area contributed by atoms with Gasteiger partial charge in [-0.05, 0) is 18.6 Å². The average molecular weight is 375 g/mol. The molecule has 3 rings (SSSR count). The third kappa shape index (κ3) is 3.91. The van der Waals surface area contributed by atoms with Gasteiger partial charge in [0.2, 0.25) is 5.82 Å². The molecular formula is C18H18FN3O5. The highest BCUT2D eigenvalue weighted by Crippen LogP contribution is 2.33. The molecule has 27 heavy (non-hydrogen) atoms. The second-order valence-electron chi connectivity index (χ2n) is 5.84. The van der Waals surface area contributed by atoms with Crippen molar-refractivity contribution < 1.29 is 23.6 Å². The van der Waals surface area contributed by atoms with Gasteiger partial charge in [-0.1, -0.05) is 12.1 Å². The van der Waals surface area contributed by atoms with Gasteiger partial charge in [-0.3, -0.25) is 14.9 Å². The summed E-state index contributed by atoms with van der Waals surface area (Å²) in [5.74, 6) is -0.320. The Balaban J connectivity index is 1.67. The van der Waals surface area contributed by atoms with Gasteiger partial charge in [-0.2, -0.15) is 4.39 Å². The van der Waals surface area contributed by atoms with Crippen LogP contribution in [0.25, 0.3) is 0 Å². The monoisotopic (exact) mass is 375 g/mol. The van der Waals surface area contributed by atoms with E-state index in [1.54, 1.807) is 17.0 Å². The normalized spacial score (nSPS) is 13.0. The molecule has 0 spiro atoms. The maximum atomic E-state index is 13.9. The van der Waals surface area contributed by atoms with Crippen LogP contribution < -0.4 is 19.7 Å². The molecule has 1 N–H and O–H groups in total. The highest BCUT2D eigenvalue weighted by molar-refractivity contribution is 5.97. The minimum Gasteiger partial charge on any atom is -0.497 e. The van der Waals surface area contributed by atoms with Gasteiger partial charge in [0.15, 0.2) is 6.61 Å². The summed E-state index contributed by atoms with van der Waals surface area (Å²) in [4.78, 5) is 24.1. The summed E-state index contributed by atoms with van der Waals surface area (Å²) in [6, 6.07) is 9.56. The van der Waals surface area contributed by atoms with Crippen molar-refractivity contribution in [2.75, 3.05) is 37.0 Å². The smallest absolute Gasteiger partial charge is 0.327 e. The number of carbonyl (C=O) groups excluding carboxylic acids is 1. The number of hydrogen-bond donors (Lipinski definition) is 1. The molecule has 0 unspecified atom stereocenters. The summed E-state index contributed by atoms with van der Waals surface area (Å²) >= 11 is 0. The van der Waals surface area contributed by atoms with Crippen LogP contribution >= 0.6 is 0 Å².